The average Bonchev–Trinajstić information content (AvgIpc) is 3.13. The second-order valence-electron chi connectivity index (χ2n) is 6.06. The Labute approximate surface area is 158 Å². The molecule has 0 radical (unpaired) electrons. The third-order valence-electron chi connectivity index (χ3n) is 4.21. The van der Waals surface area contributed by atoms with Crippen molar-refractivity contribution in [1.82, 2.24) is 9.97 Å². The molecule has 0 spiro atoms. The number of benzene rings is 3. The molecule has 4 rings (SSSR count). The molecule has 28 heavy (non-hydrogen) atoms. The maximum absolute atomic E-state index is 13.9. The SMILES string of the molecule is O=C(Nc1ccc(-c2nc3ccccc3[nH]2)cc1)c1cc([N+](=O)[O-])ccc1F. The van der Waals surface area contributed by atoms with Gasteiger partial charge < -0.3 is 10.3 Å². The maximum atomic E-state index is 13.9. The summed E-state index contributed by atoms with van der Waals surface area (Å²) in [6.07, 6.45) is 0. The van der Waals surface area contributed by atoms with Crippen LogP contribution in [0.15, 0.2) is 66.7 Å². The van der Waals surface area contributed by atoms with E-state index in [1.54, 1.807) is 24.3 Å². The van der Waals surface area contributed by atoms with Gasteiger partial charge in [0.15, 0.2) is 0 Å². The van der Waals surface area contributed by atoms with Gasteiger partial charge in [0.25, 0.3) is 11.6 Å². The van der Waals surface area contributed by atoms with E-state index in [4.69, 9.17) is 0 Å². The lowest BCUT2D eigenvalue weighted by molar-refractivity contribution is -0.384. The number of aromatic amines is 1. The number of non-ortho nitro benzene ring substituents is 1. The number of hydrogen-bond acceptors (Lipinski definition) is 4. The van der Waals surface area contributed by atoms with Crippen LogP contribution in [0.2, 0.25) is 0 Å². The lowest BCUT2D eigenvalue weighted by Gasteiger charge is -2.07. The standard InChI is InChI=1S/C20H13FN4O3/c21-16-10-9-14(25(27)28)11-15(16)20(26)22-13-7-5-12(6-8-13)19-23-17-3-1-2-4-18(17)24-19/h1-11H,(H,22,26)(H,23,24). The molecular formula is C20H13FN4O3. The number of amides is 1. The number of nitrogens with one attached hydrogen (secondary N) is 2. The van der Waals surface area contributed by atoms with Crippen molar-refractivity contribution >= 4 is 28.3 Å². The normalized spacial score (nSPS) is 10.8. The molecule has 3 aromatic carbocycles. The fraction of sp³-hybridized carbons (Fsp3) is 0. The van der Waals surface area contributed by atoms with E-state index >= 15 is 0 Å². The summed E-state index contributed by atoms with van der Waals surface area (Å²) in [5, 5.41) is 13.4. The van der Waals surface area contributed by atoms with Gasteiger partial charge in [0.1, 0.15) is 11.6 Å². The number of fused-ring (bicyclic) bond motifs is 1. The van der Waals surface area contributed by atoms with Crippen molar-refractivity contribution in [1.29, 1.82) is 0 Å². The number of aromatic nitrogens is 2. The minimum Gasteiger partial charge on any atom is -0.338 e. The highest BCUT2D eigenvalue weighted by Crippen LogP contribution is 2.23. The summed E-state index contributed by atoms with van der Waals surface area (Å²) in [5.41, 5.74) is 2.25. The Hall–Kier alpha value is -4.07. The van der Waals surface area contributed by atoms with Crippen LogP contribution in [0.1, 0.15) is 10.4 Å². The van der Waals surface area contributed by atoms with Crippen molar-refractivity contribution in [2.45, 2.75) is 0 Å². The van der Waals surface area contributed by atoms with Crippen LogP contribution in [-0.4, -0.2) is 20.8 Å². The van der Waals surface area contributed by atoms with Crippen LogP contribution < -0.4 is 5.32 Å². The summed E-state index contributed by atoms with van der Waals surface area (Å²) in [6.45, 7) is 0. The number of nitro benzene ring substituents is 1. The van der Waals surface area contributed by atoms with Gasteiger partial charge in [0.05, 0.1) is 21.5 Å². The number of para-hydroxylation sites is 2. The van der Waals surface area contributed by atoms with Crippen LogP contribution in [0.5, 0.6) is 0 Å². The Balaban J connectivity index is 1.55. The van der Waals surface area contributed by atoms with Crippen LogP contribution in [0.25, 0.3) is 22.4 Å². The maximum Gasteiger partial charge on any atom is 0.270 e. The molecule has 0 fully saturated rings. The monoisotopic (exact) mass is 376 g/mol. The van der Waals surface area contributed by atoms with Gasteiger partial charge in [-0.2, -0.15) is 0 Å². The summed E-state index contributed by atoms with van der Waals surface area (Å²) in [4.78, 5) is 30.1. The Kier molecular flexibility index (Phi) is 4.29. The number of halogens is 1. The topological polar surface area (TPSA) is 101 Å². The molecule has 1 heterocycles. The lowest BCUT2D eigenvalue weighted by atomic mass is 10.1. The van der Waals surface area contributed by atoms with Gasteiger partial charge >= 0.3 is 0 Å². The molecular weight excluding hydrogens is 363 g/mol. The molecule has 0 aliphatic rings. The first-order valence-corrected chi connectivity index (χ1v) is 8.32. The first-order chi connectivity index (χ1) is 13.5. The third kappa shape index (κ3) is 3.30. The molecule has 0 bridgehead atoms. The van der Waals surface area contributed by atoms with Crippen LogP contribution in [0.4, 0.5) is 15.8 Å². The van der Waals surface area contributed by atoms with E-state index in [1.807, 2.05) is 24.3 Å². The molecule has 1 aromatic heterocycles. The summed E-state index contributed by atoms with van der Waals surface area (Å²) < 4.78 is 13.9. The summed E-state index contributed by atoms with van der Waals surface area (Å²) in [7, 11) is 0. The lowest BCUT2D eigenvalue weighted by Crippen LogP contribution is -2.14. The van der Waals surface area contributed by atoms with E-state index in [1.165, 1.54) is 0 Å². The highest BCUT2D eigenvalue weighted by molar-refractivity contribution is 6.05. The van der Waals surface area contributed by atoms with Crippen molar-refractivity contribution in [3.63, 3.8) is 0 Å². The van der Waals surface area contributed by atoms with Crippen LogP contribution >= 0.6 is 0 Å². The fourth-order valence-electron chi connectivity index (χ4n) is 2.80. The number of anilines is 1. The van der Waals surface area contributed by atoms with Crippen molar-refractivity contribution < 1.29 is 14.1 Å². The highest BCUT2D eigenvalue weighted by Gasteiger charge is 2.17. The zero-order valence-electron chi connectivity index (χ0n) is 14.3. The van der Waals surface area contributed by atoms with Gasteiger partial charge in [-0.05, 0) is 42.5 Å². The smallest absolute Gasteiger partial charge is 0.270 e. The molecule has 8 heteroatoms. The molecule has 0 saturated carbocycles. The average molecular weight is 376 g/mol. The van der Waals surface area contributed by atoms with Crippen LogP contribution in [-0.2, 0) is 0 Å². The van der Waals surface area contributed by atoms with Crippen LogP contribution in [0, 0.1) is 15.9 Å². The molecule has 0 aliphatic heterocycles. The number of imidazole rings is 1. The van der Waals surface area contributed by atoms with Gasteiger partial charge in [-0.25, -0.2) is 9.37 Å². The Bertz CT molecular complexity index is 1170. The van der Waals surface area contributed by atoms with E-state index in [0.717, 1.165) is 34.8 Å². The molecule has 0 saturated heterocycles. The molecule has 0 atom stereocenters. The van der Waals surface area contributed by atoms with Gasteiger partial charge in [0, 0.05) is 23.4 Å². The number of carbonyl (C=O) groups excluding carboxylic acids is 1. The zero-order valence-corrected chi connectivity index (χ0v) is 14.3. The molecule has 1 amide bonds. The number of carbonyl (C=O) groups is 1. The minimum absolute atomic E-state index is 0.355. The van der Waals surface area contributed by atoms with E-state index in [9.17, 15) is 19.3 Å². The largest absolute Gasteiger partial charge is 0.338 e. The van der Waals surface area contributed by atoms with Gasteiger partial charge in [-0.1, -0.05) is 12.1 Å². The second-order valence-corrected chi connectivity index (χ2v) is 6.06. The summed E-state index contributed by atoms with van der Waals surface area (Å²) in [6, 6.07) is 17.3. The van der Waals surface area contributed by atoms with Gasteiger partial charge in [-0.3, -0.25) is 14.9 Å². The quantitative estimate of drug-likeness (QED) is 0.404. The Morgan fingerprint density at radius 2 is 1.82 bits per heavy atom. The third-order valence-corrected chi connectivity index (χ3v) is 4.21. The van der Waals surface area contributed by atoms with E-state index in [-0.39, 0.29) is 5.69 Å². The summed E-state index contributed by atoms with van der Waals surface area (Å²) in [5.74, 6) is -0.913. The van der Waals surface area contributed by atoms with E-state index < -0.39 is 22.2 Å². The molecule has 4 aromatic rings. The fourth-order valence-corrected chi connectivity index (χ4v) is 2.80. The highest BCUT2D eigenvalue weighted by atomic mass is 19.1. The van der Waals surface area contributed by atoms with E-state index in [2.05, 4.69) is 15.3 Å². The number of H-pyrrole nitrogens is 1. The number of hydrogen-bond donors (Lipinski definition) is 2. The Morgan fingerprint density at radius 3 is 2.54 bits per heavy atom. The van der Waals surface area contributed by atoms with Crippen molar-refractivity contribution in [2.24, 2.45) is 0 Å². The van der Waals surface area contributed by atoms with Gasteiger partial charge in [0.2, 0.25) is 0 Å². The number of nitro groups is 1. The van der Waals surface area contributed by atoms with Crippen molar-refractivity contribution in [3.05, 3.63) is 88.2 Å². The van der Waals surface area contributed by atoms with E-state index in [0.29, 0.717) is 11.5 Å². The molecule has 0 aliphatic carbocycles. The minimum atomic E-state index is -0.831. The first kappa shape index (κ1) is 17.3. The second kappa shape index (κ2) is 6.92. The molecule has 2 N–H and O–H groups in total. The molecule has 138 valence electrons. The Morgan fingerprint density at radius 1 is 1.07 bits per heavy atom. The predicted molar refractivity (Wildman–Crippen MR) is 103 cm³/mol. The number of rotatable bonds is 4. The summed E-state index contributed by atoms with van der Waals surface area (Å²) >= 11 is 0. The van der Waals surface area contributed by atoms with Gasteiger partial charge in [-0.15, -0.1) is 0 Å². The zero-order chi connectivity index (χ0) is 19.7. The molecule has 0 unspecified atom stereocenters. The first-order valence-electron chi connectivity index (χ1n) is 8.32. The van der Waals surface area contributed by atoms with Crippen molar-refractivity contribution in [3.8, 4) is 11.4 Å². The number of nitrogens with zero attached hydrogens (tertiary/aromatic N) is 2. The molecule has 7 nitrogen and oxygen atoms in total. The van der Waals surface area contributed by atoms with Crippen LogP contribution in [0.3, 0.4) is 0 Å². The predicted octanol–water partition coefficient (Wildman–Crippen LogP) is 4.53. The van der Waals surface area contributed by atoms with Crippen molar-refractivity contribution in [2.75, 3.05) is 5.32 Å².